The molecule has 2 aromatic rings. The van der Waals surface area contributed by atoms with Crippen LogP contribution in [-0.4, -0.2) is 56.8 Å². The van der Waals surface area contributed by atoms with E-state index in [9.17, 15) is 9.59 Å². The van der Waals surface area contributed by atoms with E-state index in [-0.39, 0.29) is 17.9 Å². The van der Waals surface area contributed by atoms with E-state index < -0.39 is 0 Å². The van der Waals surface area contributed by atoms with E-state index in [1.165, 1.54) is 5.56 Å². The second-order valence-electron chi connectivity index (χ2n) is 7.70. The second-order valence-corrected chi connectivity index (χ2v) is 7.70. The minimum Gasteiger partial charge on any atom is -0.338 e. The summed E-state index contributed by atoms with van der Waals surface area (Å²) in [4.78, 5) is 33.1. The lowest BCUT2D eigenvalue weighted by Crippen LogP contribution is -2.49. The Balaban J connectivity index is 1.59. The molecule has 150 valence electrons. The zero-order valence-electron chi connectivity index (χ0n) is 17.3. The average molecular weight is 383 g/mol. The van der Waals surface area contributed by atoms with Crippen LogP contribution >= 0.6 is 0 Å². The number of piperidine rings is 1. The molecule has 1 aromatic carbocycles. The molecule has 1 aliphatic heterocycles. The van der Waals surface area contributed by atoms with Crippen molar-refractivity contribution in [2.75, 3.05) is 19.6 Å². The number of rotatable bonds is 5. The summed E-state index contributed by atoms with van der Waals surface area (Å²) in [6, 6.07) is 6.07. The largest absolute Gasteiger partial charge is 0.338 e. The van der Waals surface area contributed by atoms with Gasteiger partial charge in [0.05, 0.1) is 0 Å². The molecule has 2 amide bonds. The summed E-state index contributed by atoms with van der Waals surface area (Å²) in [5.41, 5.74) is 3.08. The smallest absolute Gasteiger partial charge is 0.253 e. The molecule has 0 bridgehead atoms. The average Bonchev–Trinajstić information content (AvgIpc) is 3.09. The fraction of sp³-hybridized carbons (Fsp3) is 0.500. The SMILES string of the molecule is CC(=O)N(CCn1ccnc1C)C1CCN(C(=O)c2ccc(C)c(C)c2)CC1. The van der Waals surface area contributed by atoms with E-state index in [0.717, 1.165) is 36.3 Å². The van der Waals surface area contributed by atoms with E-state index in [1.54, 1.807) is 13.1 Å². The first-order chi connectivity index (χ1) is 13.4. The van der Waals surface area contributed by atoms with Crippen molar-refractivity contribution in [1.29, 1.82) is 0 Å². The Hall–Kier alpha value is -2.63. The van der Waals surface area contributed by atoms with Gasteiger partial charge in [0, 0.05) is 57.1 Å². The summed E-state index contributed by atoms with van der Waals surface area (Å²) in [5.74, 6) is 1.14. The van der Waals surface area contributed by atoms with E-state index >= 15 is 0 Å². The Labute approximate surface area is 167 Å². The molecule has 1 saturated heterocycles. The number of imidazole rings is 1. The van der Waals surface area contributed by atoms with Crippen molar-refractivity contribution in [2.24, 2.45) is 0 Å². The molecule has 0 N–H and O–H groups in total. The summed E-state index contributed by atoms with van der Waals surface area (Å²) in [7, 11) is 0. The van der Waals surface area contributed by atoms with Crippen LogP contribution in [0.4, 0.5) is 0 Å². The molecule has 0 radical (unpaired) electrons. The predicted octanol–water partition coefficient (Wildman–Crippen LogP) is 2.96. The first kappa shape index (κ1) is 20.1. The van der Waals surface area contributed by atoms with Gasteiger partial charge in [-0.1, -0.05) is 6.07 Å². The van der Waals surface area contributed by atoms with Gasteiger partial charge < -0.3 is 14.4 Å². The van der Waals surface area contributed by atoms with Gasteiger partial charge in [-0.05, 0) is 56.9 Å². The quantitative estimate of drug-likeness (QED) is 0.799. The van der Waals surface area contributed by atoms with Crippen LogP contribution in [0.15, 0.2) is 30.6 Å². The van der Waals surface area contributed by atoms with Crippen LogP contribution in [-0.2, 0) is 11.3 Å². The minimum absolute atomic E-state index is 0.0879. The summed E-state index contributed by atoms with van der Waals surface area (Å²) in [5, 5.41) is 0. The van der Waals surface area contributed by atoms with Crippen molar-refractivity contribution in [3.05, 3.63) is 53.1 Å². The molecule has 0 atom stereocenters. The highest BCUT2D eigenvalue weighted by Crippen LogP contribution is 2.20. The number of likely N-dealkylation sites (tertiary alicyclic amines) is 1. The van der Waals surface area contributed by atoms with Crippen LogP contribution in [0.1, 0.15) is 47.1 Å². The van der Waals surface area contributed by atoms with E-state index in [0.29, 0.717) is 19.6 Å². The van der Waals surface area contributed by atoms with Gasteiger partial charge in [-0.15, -0.1) is 0 Å². The van der Waals surface area contributed by atoms with Crippen molar-refractivity contribution in [3.63, 3.8) is 0 Å². The second kappa shape index (κ2) is 8.59. The monoisotopic (exact) mass is 382 g/mol. The van der Waals surface area contributed by atoms with Crippen molar-refractivity contribution in [1.82, 2.24) is 19.4 Å². The minimum atomic E-state index is 0.0879. The molecule has 2 heterocycles. The molecule has 6 nitrogen and oxygen atoms in total. The van der Waals surface area contributed by atoms with Crippen molar-refractivity contribution in [2.45, 2.75) is 53.1 Å². The first-order valence-electron chi connectivity index (χ1n) is 9.98. The third kappa shape index (κ3) is 4.43. The Morgan fingerprint density at radius 1 is 1.14 bits per heavy atom. The maximum atomic E-state index is 12.8. The number of carbonyl (C=O) groups is 2. The molecular weight excluding hydrogens is 352 g/mol. The molecule has 0 saturated carbocycles. The van der Waals surface area contributed by atoms with E-state index in [2.05, 4.69) is 16.5 Å². The van der Waals surface area contributed by atoms with Crippen LogP contribution in [0.5, 0.6) is 0 Å². The number of amides is 2. The van der Waals surface area contributed by atoms with E-state index in [1.807, 2.05) is 48.0 Å². The lowest BCUT2D eigenvalue weighted by atomic mass is 10.0. The highest BCUT2D eigenvalue weighted by Gasteiger charge is 2.28. The zero-order chi connectivity index (χ0) is 20.3. The standard InChI is InChI=1S/C22H30N4O2/c1-16-5-6-20(15-17(16)2)22(28)25-10-7-21(8-11-25)26(19(4)27)14-13-24-12-9-23-18(24)3/h5-6,9,12,15,21H,7-8,10-11,13-14H2,1-4H3. The Bertz CT molecular complexity index is 850. The van der Waals surface area contributed by atoms with Gasteiger partial charge in [0.15, 0.2) is 0 Å². The number of nitrogens with zero attached hydrogens (tertiary/aromatic N) is 4. The lowest BCUT2D eigenvalue weighted by molar-refractivity contribution is -0.132. The van der Waals surface area contributed by atoms with Gasteiger partial charge in [-0.2, -0.15) is 0 Å². The molecule has 0 aliphatic carbocycles. The molecule has 6 heteroatoms. The molecule has 3 rings (SSSR count). The van der Waals surface area contributed by atoms with Crippen molar-refractivity contribution in [3.8, 4) is 0 Å². The highest BCUT2D eigenvalue weighted by atomic mass is 16.2. The number of carbonyl (C=O) groups excluding carboxylic acids is 2. The summed E-state index contributed by atoms with van der Waals surface area (Å²) >= 11 is 0. The van der Waals surface area contributed by atoms with Gasteiger partial charge in [-0.3, -0.25) is 9.59 Å². The molecule has 1 fully saturated rings. The first-order valence-corrected chi connectivity index (χ1v) is 9.98. The number of aromatic nitrogens is 2. The third-order valence-corrected chi connectivity index (χ3v) is 5.86. The molecule has 1 aliphatic rings. The fourth-order valence-electron chi connectivity index (χ4n) is 3.89. The van der Waals surface area contributed by atoms with Crippen molar-refractivity contribution < 1.29 is 9.59 Å². The molecule has 0 unspecified atom stereocenters. The Morgan fingerprint density at radius 2 is 1.86 bits per heavy atom. The number of hydrogen-bond donors (Lipinski definition) is 0. The van der Waals surface area contributed by atoms with Crippen LogP contribution in [0.3, 0.4) is 0 Å². The predicted molar refractivity (Wildman–Crippen MR) is 109 cm³/mol. The lowest BCUT2D eigenvalue weighted by Gasteiger charge is -2.38. The van der Waals surface area contributed by atoms with E-state index in [4.69, 9.17) is 0 Å². The van der Waals surface area contributed by atoms with Crippen LogP contribution < -0.4 is 0 Å². The number of aryl methyl sites for hydroxylation is 3. The van der Waals surface area contributed by atoms with Gasteiger partial charge in [0.2, 0.25) is 5.91 Å². The van der Waals surface area contributed by atoms with Gasteiger partial charge in [0.25, 0.3) is 5.91 Å². The Kier molecular flexibility index (Phi) is 6.17. The van der Waals surface area contributed by atoms with Crippen molar-refractivity contribution >= 4 is 11.8 Å². The zero-order valence-corrected chi connectivity index (χ0v) is 17.3. The maximum Gasteiger partial charge on any atom is 0.253 e. The highest BCUT2D eigenvalue weighted by molar-refractivity contribution is 5.94. The molecular formula is C22H30N4O2. The van der Waals surface area contributed by atoms with Crippen LogP contribution in [0.2, 0.25) is 0 Å². The van der Waals surface area contributed by atoms with Gasteiger partial charge in [-0.25, -0.2) is 4.98 Å². The van der Waals surface area contributed by atoms with Crippen LogP contribution in [0, 0.1) is 20.8 Å². The summed E-state index contributed by atoms with van der Waals surface area (Å²) < 4.78 is 2.06. The molecule has 28 heavy (non-hydrogen) atoms. The Morgan fingerprint density at radius 3 is 2.43 bits per heavy atom. The topological polar surface area (TPSA) is 58.4 Å². The molecule has 1 aromatic heterocycles. The summed E-state index contributed by atoms with van der Waals surface area (Å²) in [6.45, 7) is 10.5. The van der Waals surface area contributed by atoms with Gasteiger partial charge >= 0.3 is 0 Å². The molecule has 0 spiro atoms. The maximum absolute atomic E-state index is 12.8. The number of benzene rings is 1. The number of hydrogen-bond acceptors (Lipinski definition) is 3. The van der Waals surface area contributed by atoms with Crippen LogP contribution in [0.25, 0.3) is 0 Å². The summed E-state index contributed by atoms with van der Waals surface area (Å²) in [6.07, 6.45) is 5.36. The van der Waals surface area contributed by atoms with Gasteiger partial charge in [0.1, 0.15) is 5.82 Å². The normalized spacial score (nSPS) is 14.9. The third-order valence-electron chi connectivity index (χ3n) is 5.86. The fourth-order valence-corrected chi connectivity index (χ4v) is 3.89.